The van der Waals surface area contributed by atoms with Gasteiger partial charge in [-0.3, -0.25) is 0 Å². The number of hydrogen-bond donors (Lipinski definition) is 0. The Balaban J connectivity index is 1.81. The quantitative estimate of drug-likeness (QED) is 0.667. The molecule has 0 unspecified atom stereocenters. The SMILES string of the molecule is Cc1nc(C(=O)OCc2ccccc2)c(-c2ccccc2)s1. The number of esters is 1. The Labute approximate surface area is 133 Å². The molecule has 2 aromatic carbocycles. The molecule has 0 saturated heterocycles. The topological polar surface area (TPSA) is 39.2 Å². The lowest BCUT2D eigenvalue weighted by atomic mass is 10.1. The predicted octanol–water partition coefficient (Wildman–Crippen LogP) is 4.48. The van der Waals surface area contributed by atoms with Gasteiger partial charge in [0, 0.05) is 0 Å². The molecular weight excluding hydrogens is 294 g/mol. The predicted molar refractivity (Wildman–Crippen MR) is 87.8 cm³/mol. The Hall–Kier alpha value is -2.46. The average molecular weight is 309 g/mol. The number of carbonyl (C=O) groups excluding carboxylic acids is 1. The van der Waals surface area contributed by atoms with Crippen molar-refractivity contribution in [1.29, 1.82) is 0 Å². The Morgan fingerprint density at radius 2 is 1.68 bits per heavy atom. The standard InChI is InChI=1S/C18H15NO2S/c1-13-19-16(17(22-13)15-10-6-3-7-11-15)18(20)21-12-14-8-4-2-5-9-14/h2-11H,12H2,1H3. The van der Waals surface area contributed by atoms with E-state index in [0.29, 0.717) is 5.69 Å². The summed E-state index contributed by atoms with van der Waals surface area (Å²) in [6.45, 7) is 2.15. The Morgan fingerprint density at radius 3 is 2.36 bits per heavy atom. The zero-order chi connectivity index (χ0) is 15.4. The van der Waals surface area contributed by atoms with Gasteiger partial charge in [-0.2, -0.15) is 0 Å². The van der Waals surface area contributed by atoms with Crippen molar-refractivity contribution in [3.63, 3.8) is 0 Å². The van der Waals surface area contributed by atoms with Gasteiger partial charge >= 0.3 is 5.97 Å². The molecule has 0 saturated carbocycles. The van der Waals surface area contributed by atoms with Crippen molar-refractivity contribution in [2.45, 2.75) is 13.5 Å². The minimum Gasteiger partial charge on any atom is -0.456 e. The van der Waals surface area contributed by atoms with Crippen LogP contribution in [0.5, 0.6) is 0 Å². The summed E-state index contributed by atoms with van der Waals surface area (Å²) in [5, 5.41) is 0.852. The molecule has 0 amide bonds. The molecule has 110 valence electrons. The molecule has 4 heteroatoms. The lowest BCUT2D eigenvalue weighted by Gasteiger charge is -2.05. The maximum absolute atomic E-state index is 12.3. The number of carbonyl (C=O) groups is 1. The highest BCUT2D eigenvalue weighted by Crippen LogP contribution is 2.30. The van der Waals surface area contributed by atoms with Gasteiger partial charge in [0.15, 0.2) is 5.69 Å². The van der Waals surface area contributed by atoms with Gasteiger partial charge in [0.2, 0.25) is 0 Å². The zero-order valence-electron chi connectivity index (χ0n) is 12.2. The Kier molecular flexibility index (Phi) is 4.30. The van der Waals surface area contributed by atoms with Crippen molar-refractivity contribution in [2.24, 2.45) is 0 Å². The largest absolute Gasteiger partial charge is 0.456 e. The van der Waals surface area contributed by atoms with E-state index in [-0.39, 0.29) is 12.6 Å². The minimum absolute atomic E-state index is 0.254. The van der Waals surface area contributed by atoms with Crippen LogP contribution in [0.2, 0.25) is 0 Å². The second-order valence-electron chi connectivity index (χ2n) is 4.84. The number of benzene rings is 2. The molecule has 1 aromatic heterocycles. The highest BCUT2D eigenvalue weighted by Gasteiger charge is 2.19. The van der Waals surface area contributed by atoms with Crippen LogP contribution >= 0.6 is 11.3 Å². The fraction of sp³-hybridized carbons (Fsp3) is 0.111. The number of hydrogen-bond acceptors (Lipinski definition) is 4. The van der Waals surface area contributed by atoms with E-state index in [1.54, 1.807) is 0 Å². The second kappa shape index (κ2) is 6.54. The van der Waals surface area contributed by atoms with Gasteiger partial charge in [-0.1, -0.05) is 60.7 Å². The van der Waals surface area contributed by atoms with Crippen molar-refractivity contribution < 1.29 is 9.53 Å². The fourth-order valence-electron chi connectivity index (χ4n) is 2.14. The van der Waals surface area contributed by atoms with Crippen LogP contribution < -0.4 is 0 Å². The third-order valence-corrected chi connectivity index (χ3v) is 4.20. The summed E-state index contributed by atoms with van der Waals surface area (Å²) in [6.07, 6.45) is 0. The smallest absolute Gasteiger partial charge is 0.358 e. The molecule has 0 fully saturated rings. The first-order valence-corrected chi connectivity index (χ1v) is 7.79. The van der Waals surface area contributed by atoms with Gasteiger partial charge in [0.1, 0.15) is 6.61 Å². The molecule has 1 heterocycles. The minimum atomic E-state index is -0.382. The van der Waals surface area contributed by atoms with Gasteiger partial charge in [-0.15, -0.1) is 11.3 Å². The van der Waals surface area contributed by atoms with E-state index in [4.69, 9.17) is 4.74 Å². The summed E-state index contributed by atoms with van der Waals surface area (Å²) in [4.78, 5) is 17.5. The molecule has 0 N–H and O–H groups in total. The van der Waals surface area contributed by atoms with Crippen LogP contribution in [0.1, 0.15) is 21.1 Å². The first-order chi connectivity index (χ1) is 10.7. The number of rotatable bonds is 4. The van der Waals surface area contributed by atoms with E-state index in [1.165, 1.54) is 11.3 Å². The number of aromatic nitrogens is 1. The molecule has 22 heavy (non-hydrogen) atoms. The van der Waals surface area contributed by atoms with Crippen molar-refractivity contribution in [1.82, 2.24) is 4.98 Å². The summed E-state index contributed by atoms with van der Waals surface area (Å²) < 4.78 is 5.39. The van der Waals surface area contributed by atoms with Crippen LogP contribution in [0.3, 0.4) is 0 Å². The van der Waals surface area contributed by atoms with E-state index in [1.807, 2.05) is 67.6 Å². The van der Waals surface area contributed by atoms with Crippen LogP contribution in [0, 0.1) is 6.92 Å². The first kappa shape index (κ1) is 14.5. The molecule has 0 aliphatic heterocycles. The van der Waals surface area contributed by atoms with E-state index in [2.05, 4.69) is 4.98 Å². The van der Waals surface area contributed by atoms with Gasteiger partial charge in [-0.25, -0.2) is 9.78 Å². The van der Waals surface area contributed by atoms with E-state index in [9.17, 15) is 4.79 Å². The van der Waals surface area contributed by atoms with E-state index >= 15 is 0 Å². The lowest BCUT2D eigenvalue weighted by molar-refractivity contribution is 0.0467. The number of thiazole rings is 1. The molecule has 3 nitrogen and oxygen atoms in total. The number of ether oxygens (including phenoxy) is 1. The van der Waals surface area contributed by atoms with Gasteiger partial charge < -0.3 is 4.74 Å². The number of aryl methyl sites for hydroxylation is 1. The summed E-state index contributed by atoms with van der Waals surface area (Å²) in [7, 11) is 0. The molecule has 0 bridgehead atoms. The van der Waals surface area contributed by atoms with Crippen molar-refractivity contribution in [3.05, 3.63) is 76.9 Å². The molecule has 3 aromatic rings. The van der Waals surface area contributed by atoms with Gasteiger partial charge in [0.25, 0.3) is 0 Å². The van der Waals surface area contributed by atoms with Crippen molar-refractivity contribution in [2.75, 3.05) is 0 Å². The summed E-state index contributed by atoms with van der Waals surface area (Å²) in [6, 6.07) is 19.4. The second-order valence-corrected chi connectivity index (χ2v) is 6.04. The molecule has 0 spiro atoms. The van der Waals surface area contributed by atoms with E-state index < -0.39 is 0 Å². The maximum Gasteiger partial charge on any atom is 0.358 e. The van der Waals surface area contributed by atoms with Gasteiger partial charge in [-0.05, 0) is 18.1 Å². The highest BCUT2D eigenvalue weighted by molar-refractivity contribution is 7.15. The summed E-state index contributed by atoms with van der Waals surface area (Å²) in [5.74, 6) is -0.382. The Bertz CT molecular complexity index is 766. The monoisotopic (exact) mass is 309 g/mol. The lowest BCUT2D eigenvalue weighted by Crippen LogP contribution is -2.07. The van der Waals surface area contributed by atoms with Crippen LogP contribution in [0.15, 0.2) is 60.7 Å². The van der Waals surface area contributed by atoms with Gasteiger partial charge in [0.05, 0.1) is 9.88 Å². The first-order valence-electron chi connectivity index (χ1n) is 6.98. The fourth-order valence-corrected chi connectivity index (χ4v) is 3.05. The molecular formula is C18H15NO2S. The third-order valence-electron chi connectivity index (χ3n) is 3.18. The molecule has 0 aliphatic rings. The van der Waals surface area contributed by atoms with Crippen LogP contribution in [-0.4, -0.2) is 11.0 Å². The zero-order valence-corrected chi connectivity index (χ0v) is 13.0. The molecule has 0 atom stereocenters. The molecule has 3 rings (SSSR count). The van der Waals surface area contributed by atoms with Crippen molar-refractivity contribution >= 4 is 17.3 Å². The van der Waals surface area contributed by atoms with Crippen LogP contribution in [0.25, 0.3) is 10.4 Å². The van der Waals surface area contributed by atoms with Crippen LogP contribution in [-0.2, 0) is 11.3 Å². The normalized spacial score (nSPS) is 10.4. The third kappa shape index (κ3) is 3.23. The molecule has 0 radical (unpaired) electrons. The average Bonchev–Trinajstić information content (AvgIpc) is 2.96. The Morgan fingerprint density at radius 1 is 1.05 bits per heavy atom. The summed E-state index contributed by atoms with van der Waals surface area (Å²) >= 11 is 1.51. The van der Waals surface area contributed by atoms with Crippen molar-refractivity contribution in [3.8, 4) is 10.4 Å². The summed E-state index contributed by atoms with van der Waals surface area (Å²) in [5.41, 5.74) is 2.34. The van der Waals surface area contributed by atoms with Crippen LogP contribution in [0.4, 0.5) is 0 Å². The number of nitrogens with zero attached hydrogens (tertiary/aromatic N) is 1. The van der Waals surface area contributed by atoms with E-state index in [0.717, 1.165) is 21.0 Å². The highest BCUT2D eigenvalue weighted by atomic mass is 32.1. The molecule has 0 aliphatic carbocycles. The maximum atomic E-state index is 12.3.